The van der Waals surface area contributed by atoms with Gasteiger partial charge in [0, 0.05) is 19.3 Å². The number of benzene rings is 3. The van der Waals surface area contributed by atoms with Crippen molar-refractivity contribution in [1.29, 1.82) is 0 Å². The van der Waals surface area contributed by atoms with E-state index in [4.69, 9.17) is 4.74 Å². The summed E-state index contributed by atoms with van der Waals surface area (Å²) in [4.78, 5) is 13.6. The molecule has 0 aliphatic carbocycles. The summed E-state index contributed by atoms with van der Waals surface area (Å²) in [5.74, 6) is -0.659. The predicted molar refractivity (Wildman–Crippen MR) is 135 cm³/mol. The first-order chi connectivity index (χ1) is 16.6. The fourth-order valence-electron chi connectivity index (χ4n) is 3.64. The molecule has 0 saturated heterocycles. The molecule has 0 bridgehead atoms. The number of hydrogen-bond donors (Lipinski definition) is 5. The van der Waals surface area contributed by atoms with Crippen LogP contribution in [0.1, 0.15) is 17.2 Å². The average Bonchev–Trinajstić information content (AvgIpc) is 2.83. The number of carbonyl (C=O) groups is 1. The molecule has 3 aromatic rings. The van der Waals surface area contributed by atoms with Gasteiger partial charge in [0.15, 0.2) is 0 Å². The van der Waals surface area contributed by atoms with Crippen molar-refractivity contribution in [3.8, 4) is 5.75 Å². The molecule has 5 N–H and O–H groups in total. The average molecular weight is 500 g/mol. The molecular weight excluding hydrogens is 470 g/mol. The number of rotatable bonds is 11. The van der Waals surface area contributed by atoms with Gasteiger partial charge in [0.25, 0.3) is 5.91 Å². The molecule has 35 heavy (non-hydrogen) atoms. The number of ether oxygens (including phenoxy) is 1. The van der Waals surface area contributed by atoms with Crippen molar-refractivity contribution in [1.82, 2.24) is 5.32 Å². The van der Waals surface area contributed by atoms with Gasteiger partial charge in [-0.1, -0.05) is 54.6 Å². The quantitative estimate of drug-likeness (QED) is 0.256. The number of carbonyl (C=O) groups excluding carboxylic acids is 1. The molecule has 0 aromatic heterocycles. The van der Waals surface area contributed by atoms with Crippen molar-refractivity contribution in [3.63, 3.8) is 0 Å². The lowest BCUT2D eigenvalue weighted by atomic mass is 9.88. The molecular formula is C25H29N3O6S. The number of para-hydroxylation sites is 1. The Hall–Kier alpha value is -3.44. The van der Waals surface area contributed by atoms with Gasteiger partial charge >= 0.3 is 0 Å². The largest absolute Gasteiger partial charge is 0.506 e. The summed E-state index contributed by atoms with van der Waals surface area (Å²) in [7, 11) is -2.16. The Bertz CT molecular complexity index is 1240. The van der Waals surface area contributed by atoms with E-state index in [-0.39, 0.29) is 30.5 Å². The number of hydrogen-bond acceptors (Lipinski definition) is 7. The third kappa shape index (κ3) is 6.80. The summed E-state index contributed by atoms with van der Waals surface area (Å²) >= 11 is 0. The first kappa shape index (κ1) is 26.2. The zero-order valence-electron chi connectivity index (χ0n) is 19.4. The van der Waals surface area contributed by atoms with Gasteiger partial charge in [-0.05, 0) is 35.4 Å². The lowest BCUT2D eigenvalue weighted by Gasteiger charge is -2.34. The van der Waals surface area contributed by atoms with Gasteiger partial charge in [-0.3, -0.25) is 14.8 Å². The van der Waals surface area contributed by atoms with Crippen molar-refractivity contribution in [3.05, 3.63) is 90.0 Å². The Morgan fingerprint density at radius 3 is 2.26 bits per heavy atom. The van der Waals surface area contributed by atoms with Crippen LogP contribution in [0.2, 0.25) is 0 Å². The van der Waals surface area contributed by atoms with E-state index < -0.39 is 21.7 Å². The molecule has 0 spiro atoms. The minimum Gasteiger partial charge on any atom is -0.506 e. The number of amides is 1. The number of anilines is 2. The fraction of sp³-hybridized carbons (Fsp3) is 0.240. The smallest absolute Gasteiger partial charge is 0.251 e. The van der Waals surface area contributed by atoms with Crippen molar-refractivity contribution in [2.24, 2.45) is 0 Å². The third-order valence-electron chi connectivity index (χ3n) is 5.34. The topological polar surface area (TPSA) is 137 Å². The highest BCUT2D eigenvalue weighted by molar-refractivity contribution is 7.92. The van der Waals surface area contributed by atoms with Crippen LogP contribution in [0.25, 0.3) is 0 Å². The van der Waals surface area contributed by atoms with E-state index in [1.165, 1.54) is 25.3 Å². The van der Waals surface area contributed by atoms with Gasteiger partial charge in [-0.15, -0.1) is 0 Å². The fourth-order valence-corrected chi connectivity index (χ4v) is 4.21. The molecule has 2 atom stereocenters. The summed E-state index contributed by atoms with van der Waals surface area (Å²) in [6, 6.07) is 22.1. The molecule has 0 radical (unpaired) electrons. The van der Waals surface area contributed by atoms with E-state index in [1.807, 2.05) is 12.1 Å². The normalized spacial score (nSPS) is 14.0. The Morgan fingerprint density at radius 1 is 1.03 bits per heavy atom. The monoisotopic (exact) mass is 499 g/mol. The molecule has 10 heteroatoms. The molecule has 9 nitrogen and oxygen atoms in total. The van der Waals surface area contributed by atoms with Gasteiger partial charge in [0.2, 0.25) is 10.0 Å². The van der Waals surface area contributed by atoms with Crippen LogP contribution in [0.3, 0.4) is 0 Å². The van der Waals surface area contributed by atoms with Gasteiger partial charge in [0.05, 0.1) is 24.7 Å². The molecule has 186 valence electrons. The highest BCUT2D eigenvalue weighted by atomic mass is 32.2. The van der Waals surface area contributed by atoms with E-state index in [9.17, 15) is 23.4 Å². The number of phenols is 1. The van der Waals surface area contributed by atoms with Crippen LogP contribution in [0.15, 0.2) is 78.9 Å². The maximum Gasteiger partial charge on any atom is 0.251 e. The Morgan fingerprint density at radius 2 is 1.66 bits per heavy atom. The number of nitrogens with one attached hydrogen (secondary N) is 3. The van der Waals surface area contributed by atoms with Crippen LogP contribution < -0.4 is 15.4 Å². The molecule has 3 aromatic carbocycles. The second-order valence-electron chi connectivity index (χ2n) is 8.07. The van der Waals surface area contributed by atoms with Crippen LogP contribution in [0.5, 0.6) is 5.75 Å². The van der Waals surface area contributed by atoms with Crippen molar-refractivity contribution in [2.75, 3.05) is 36.6 Å². The first-order valence-electron chi connectivity index (χ1n) is 10.8. The maximum absolute atomic E-state index is 13.6. The SMILES string of the molecule is COCC(NCC(O)c1ccc(O)c(NS(C)(=O)=O)c1)(C(=O)Nc1ccccc1)c1ccccc1. The Balaban J connectivity index is 1.90. The van der Waals surface area contributed by atoms with Gasteiger partial charge < -0.3 is 20.3 Å². The number of aliphatic hydroxyl groups excluding tert-OH is 1. The molecule has 0 aliphatic rings. The lowest BCUT2D eigenvalue weighted by Crippen LogP contribution is -2.56. The van der Waals surface area contributed by atoms with Crippen LogP contribution >= 0.6 is 0 Å². The molecule has 0 fully saturated rings. The van der Waals surface area contributed by atoms with E-state index >= 15 is 0 Å². The molecule has 0 heterocycles. The Labute approximate surface area is 204 Å². The van der Waals surface area contributed by atoms with Crippen LogP contribution in [-0.2, 0) is 25.1 Å². The summed E-state index contributed by atoms with van der Waals surface area (Å²) in [6.07, 6.45) is -0.179. The third-order valence-corrected chi connectivity index (χ3v) is 5.94. The highest BCUT2D eigenvalue weighted by Gasteiger charge is 2.40. The van der Waals surface area contributed by atoms with Crippen LogP contribution in [0.4, 0.5) is 11.4 Å². The number of aromatic hydroxyl groups is 1. The zero-order chi connectivity index (χ0) is 25.5. The summed E-state index contributed by atoms with van der Waals surface area (Å²) in [5.41, 5.74) is 0.165. The van der Waals surface area contributed by atoms with Gasteiger partial charge in [-0.2, -0.15) is 0 Å². The number of phenolic OH excluding ortho intramolecular Hbond substituents is 1. The van der Waals surface area contributed by atoms with E-state index in [1.54, 1.807) is 48.5 Å². The van der Waals surface area contributed by atoms with Gasteiger partial charge in [0.1, 0.15) is 11.3 Å². The van der Waals surface area contributed by atoms with E-state index in [2.05, 4.69) is 15.4 Å². The molecule has 3 rings (SSSR count). The predicted octanol–water partition coefficient (Wildman–Crippen LogP) is 2.57. The van der Waals surface area contributed by atoms with Gasteiger partial charge in [-0.25, -0.2) is 8.42 Å². The molecule has 0 aliphatic heterocycles. The lowest BCUT2D eigenvalue weighted by molar-refractivity contribution is -0.125. The molecule has 1 amide bonds. The number of aliphatic hydroxyl groups is 1. The van der Waals surface area contributed by atoms with E-state index in [0.717, 1.165) is 6.26 Å². The Kier molecular flexibility index (Phi) is 8.47. The van der Waals surface area contributed by atoms with Crippen LogP contribution in [0, 0.1) is 0 Å². The number of methoxy groups -OCH3 is 1. The van der Waals surface area contributed by atoms with Crippen molar-refractivity contribution in [2.45, 2.75) is 11.6 Å². The molecule has 2 unspecified atom stereocenters. The maximum atomic E-state index is 13.6. The van der Waals surface area contributed by atoms with Crippen LogP contribution in [-0.4, -0.2) is 51.1 Å². The van der Waals surface area contributed by atoms with Crippen molar-refractivity contribution >= 4 is 27.3 Å². The number of sulfonamides is 1. The summed E-state index contributed by atoms with van der Waals surface area (Å²) in [5, 5.41) is 26.9. The standard InChI is InChI=1S/C25H29N3O6S/c1-34-17-25(19-9-5-3-6-10-19,24(31)27-20-11-7-4-8-12-20)26-16-23(30)18-13-14-22(29)21(15-18)28-35(2,32)33/h3-15,23,26,28-30H,16-17H2,1-2H3,(H,27,31). The van der Waals surface area contributed by atoms with Crippen molar-refractivity contribution < 1.29 is 28.2 Å². The second-order valence-corrected chi connectivity index (χ2v) is 9.82. The summed E-state index contributed by atoms with van der Waals surface area (Å²) < 4.78 is 30.8. The first-order valence-corrected chi connectivity index (χ1v) is 12.7. The summed E-state index contributed by atoms with van der Waals surface area (Å²) in [6.45, 7) is -0.109. The van der Waals surface area contributed by atoms with E-state index in [0.29, 0.717) is 16.8 Å². The minimum absolute atomic E-state index is 0.0289. The molecule has 0 saturated carbocycles. The minimum atomic E-state index is -3.64. The second kappa shape index (κ2) is 11.3. The zero-order valence-corrected chi connectivity index (χ0v) is 20.2. The highest BCUT2D eigenvalue weighted by Crippen LogP contribution is 2.29.